The van der Waals surface area contributed by atoms with Crippen molar-refractivity contribution in [3.8, 4) is 0 Å². The average molecular weight is 407 g/mol. The molecule has 1 atom stereocenters. The quantitative estimate of drug-likeness (QED) is 0.699. The number of nitrogens with zero attached hydrogens (tertiary/aromatic N) is 1. The van der Waals surface area contributed by atoms with Gasteiger partial charge >= 0.3 is 16.2 Å². The van der Waals surface area contributed by atoms with Gasteiger partial charge < -0.3 is 10.2 Å². The normalized spacial score (nSPS) is 22.0. The number of nitrogens with one attached hydrogen (secondary N) is 3. The van der Waals surface area contributed by atoms with Gasteiger partial charge in [-0.1, -0.05) is 13.0 Å². The molecule has 1 unspecified atom stereocenters. The number of rotatable bonds is 5. The number of benzene rings is 1. The topological polar surface area (TPSA) is 90.5 Å². The minimum Gasteiger partial charge on any atom is -0.307 e. The molecule has 0 aromatic heterocycles. The Kier molecular flexibility index (Phi) is 5.62. The lowest BCUT2D eigenvalue weighted by Crippen LogP contribution is -2.52. The van der Waals surface area contributed by atoms with E-state index in [1.807, 2.05) is 0 Å². The van der Waals surface area contributed by atoms with Gasteiger partial charge in [-0.3, -0.25) is 0 Å². The lowest BCUT2D eigenvalue weighted by Gasteiger charge is -2.31. The third-order valence-corrected chi connectivity index (χ3v) is 7.31. The van der Waals surface area contributed by atoms with Gasteiger partial charge in [-0.2, -0.15) is 13.1 Å². The summed E-state index contributed by atoms with van der Waals surface area (Å²) in [6, 6.07) is 1.45. The zero-order chi connectivity index (χ0) is 19.7. The summed E-state index contributed by atoms with van der Waals surface area (Å²) in [4.78, 5) is 14.8. The number of urea groups is 1. The first kappa shape index (κ1) is 19.7. The van der Waals surface area contributed by atoms with Gasteiger partial charge in [0, 0.05) is 18.3 Å². The minimum atomic E-state index is -3.90. The molecule has 3 N–H and O–H groups in total. The molecule has 2 amide bonds. The van der Waals surface area contributed by atoms with Crippen LogP contribution < -0.4 is 14.8 Å². The minimum absolute atomic E-state index is 0.163. The largest absolute Gasteiger partial charge is 0.333 e. The van der Waals surface area contributed by atoms with Crippen LogP contribution in [0.3, 0.4) is 0 Å². The number of amides is 2. The molecule has 0 saturated carbocycles. The first-order valence-electron chi connectivity index (χ1n) is 10.4. The number of fused-ring (bicyclic) bond motifs is 2. The van der Waals surface area contributed by atoms with Gasteiger partial charge in [0.15, 0.2) is 0 Å². The highest BCUT2D eigenvalue weighted by atomic mass is 32.2. The van der Waals surface area contributed by atoms with Gasteiger partial charge in [-0.05, 0) is 86.7 Å². The van der Waals surface area contributed by atoms with Crippen molar-refractivity contribution in [2.75, 3.05) is 25.0 Å². The fourth-order valence-electron chi connectivity index (χ4n) is 4.92. The Morgan fingerprint density at radius 2 is 1.79 bits per heavy atom. The van der Waals surface area contributed by atoms with Crippen molar-refractivity contribution >= 4 is 21.9 Å². The monoisotopic (exact) mass is 406 g/mol. The molecule has 154 valence electrons. The summed E-state index contributed by atoms with van der Waals surface area (Å²) in [6.45, 7) is 4.64. The van der Waals surface area contributed by atoms with Crippen LogP contribution in [0.15, 0.2) is 6.07 Å². The zero-order valence-corrected chi connectivity index (χ0v) is 17.3. The number of likely N-dealkylation sites (tertiary alicyclic amines) is 1. The molecule has 8 heteroatoms. The molecule has 1 aromatic carbocycles. The maximum atomic E-state index is 12.5. The van der Waals surface area contributed by atoms with Gasteiger partial charge in [0.2, 0.25) is 0 Å². The summed E-state index contributed by atoms with van der Waals surface area (Å²) >= 11 is 0. The van der Waals surface area contributed by atoms with Crippen LogP contribution in [0, 0.1) is 0 Å². The van der Waals surface area contributed by atoms with Crippen molar-refractivity contribution in [1.29, 1.82) is 0 Å². The zero-order valence-electron chi connectivity index (χ0n) is 16.5. The number of aryl methyl sites for hydroxylation is 2. The van der Waals surface area contributed by atoms with E-state index in [1.54, 1.807) is 0 Å². The number of carbonyl (C=O) groups excluding carboxylic acids is 1. The summed E-state index contributed by atoms with van der Waals surface area (Å²) in [5, 5.41) is 2.88. The first-order chi connectivity index (χ1) is 13.4. The maximum absolute atomic E-state index is 12.5. The molecule has 0 radical (unpaired) electrons. The number of hydrogen-bond acceptors (Lipinski definition) is 4. The summed E-state index contributed by atoms with van der Waals surface area (Å²) in [7, 11) is -3.90. The standard InChI is InChI=1S/C20H30N4O3S/c1-2-24-11-5-8-16(13-24)22-28(26,27)23-20(25)21-19-17-9-3-6-14(17)12-15-7-4-10-18(15)19/h12,16,22H,2-11,13H2,1H3,(H2,21,23,25). The summed E-state index contributed by atoms with van der Waals surface area (Å²) in [5.41, 5.74) is 5.83. The highest BCUT2D eigenvalue weighted by Gasteiger charge is 2.27. The van der Waals surface area contributed by atoms with E-state index in [0.29, 0.717) is 6.54 Å². The molecule has 3 aliphatic rings. The Hall–Kier alpha value is -1.64. The van der Waals surface area contributed by atoms with Crippen LogP contribution >= 0.6 is 0 Å². The van der Waals surface area contributed by atoms with E-state index in [1.165, 1.54) is 22.3 Å². The Morgan fingerprint density at radius 1 is 1.11 bits per heavy atom. The van der Waals surface area contributed by atoms with Gasteiger partial charge in [-0.15, -0.1) is 0 Å². The van der Waals surface area contributed by atoms with Gasteiger partial charge in [0.25, 0.3) is 0 Å². The number of likely N-dealkylation sites (N-methyl/N-ethyl adjacent to an activating group) is 1. The molecule has 1 aromatic rings. The van der Waals surface area contributed by atoms with E-state index in [9.17, 15) is 13.2 Å². The van der Waals surface area contributed by atoms with Gasteiger partial charge in [0.05, 0.1) is 0 Å². The highest BCUT2D eigenvalue weighted by Crippen LogP contribution is 2.38. The second kappa shape index (κ2) is 8.00. The molecule has 4 rings (SSSR count). The number of anilines is 1. The third-order valence-electron chi connectivity index (χ3n) is 6.21. The lowest BCUT2D eigenvalue weighted by atomic mass is 9.99. The fraction of sp³-hybridized carbons (Fsp3) is 0.650. The van der Waals surface area contributed by atoms with E-state index in [0.717, 1.165) is 70.1 Å². The second-order valence-electron chi connectivity index (χ2n) is 8.14. The van der Waals surface area contributed by atoms with E-state index in [4.69, 9.17) is 0 Å². The Morgan fingerprint density at radius 3 is 2.43 bits per heavy atom. The average Bonchev–Trinajstić information content (AvgIpc) is 3.29. The van der Waals surface area contributed by atoms with Crippen molar-refractivity contribution in [3.05, 3.63) is 28.3 Å². The van der Waals surface area contributed by atoms with Crippen LogP contribution in [0.5, 0.6) is 0 Å². The van der Waals surface area contributed by atoms with Crippen molar-refractivity contribution in [2.24, 2.45) is 0 Å². The van der Waals surface area contributed by atoms with E-state index < -0.39 is 16.2 Å². The maximum Gasteiger partial charge on any atom is 0.333 e. The highest BCUT2D eigenvalue weighted by molar-refractivity contribution is 7.88. The molecular formula is C20H30N4O3S. The van der Waals surface area contributed by atoms with E-state index in [-0.39, 0.29) is 6.04 Å². The SMILES string of the molecule is CCN1CCCC(NS(=O)(=O)NC(=O)Nc2c3c(cc4c2CCC4)CCC3)C1. The first-order valence-corrected chi connectivity index (χ1v) is 11.9. The summed E-state index contributed by atoms with van der Waals surface area (Å²) in [6.07, 6.45) is 7.88. The predicted octanol–water partition coefficient (Wildman–Crippen LogP) is 2.10. The molecule has 0 spiro atoms. The van der Waals surface area contributed by atoms with Crippen LogP contribution in [-0.2, 0) is 35.9 Å². The summed E-state index contributed by atoms with van der Waals surface area (Å²) < 4.78 is 29.7. The smallest absolute Gasteiger partial charge is 0.307 e. The molecule has 1 fully saturated rings. The van der Waals surface area contributed by atoms with Crippen molar-refractivity contribution in [3.63, 3.8) is 0 Å². The lowest BCUT2D eigenvalue weighted by molar-refractivity contribution is 0.211. The van der Waals surface area contributed by atoms with Crippen LogP contribution in [-0.4, -0.2) is 45.0 Å². The Bertz CT molecular complexity index is 836. The molecule has 0 bridgehead atoms. The summed E-state index contributed by atoms with van der Waals surface area (Å²) in [5.74, 6) is 0. The molecule has 7 nitrogen and oxygen atoms in total. The van der Waals surface area contributed by atoms with Crippen molar-refractivity contribution in [2.45, 2.75) is 64.3 Å². The third kappa shape index (κ3) is 4.18. The molecule has 28 heavy (non-hydrogen) atoms. The van der Waals surface area contributed by atoms with E-state index in [2.05, 4.69) is 32.7 Å². The predicted molar refractivity (Wildman–Crippen MR) is 110 cm³/mol. The molecule has 2 aliphatic carbocycles. The van der Waals surface area contributed by atoms with Gasteiger partial charge in [0.1, 0.15) is 0 Å². The van der Waals surface area contributed by atoms with Crippen LogP contribution in [0.1, 0.15) is 54.9 Å². The number of piperidine rings is 1. The fourth-order valence-corrected chi connectivity index (χ4v) is 5.90. The van der Waals surface area contributed by atoms with Crippen LogP contribution in [0.2, 0.25) is 0 Å². The Balaban J connectivity index is 1.44. The number of hydrogen-bond donors (Lipinski definition) is 3. The Labute approximate surface area is 167 Å². The molecule has 1 heterocycles. The number of carbonyl (C=O) groups is 1. The molecule has 1 aliphatic heterocycles. The van der Waals surface area contributed by atoms with Gasteiger partial charge in [-0.25, -0.2) is 9.52 Å². The van der Waals surface area contributed by atoms with Crippen LogP contribution in [0.4, 0.5) is 10.5 Å². The molecular weight excluding hydrogens is 376 g/mol. The van der Waals surface area contributed by atoms with Crippen molar-refractivity contribution < 1.29 is 13.2 Å². The van der Waals surface area contributed by atoms with Crippen molar-refractivity contribution in [1.82, 2.24) is 14.3 Å². The van der Waals surface area contributed by atoms with E-state index >= 15 is 0 Å². The second-order valence-corrected chi connectivity index (χ2v) is 9.59. The molecule has 1 saturated heterocycles. The van der Waals surface area contributed by atoms with Crippen LogP contribution in [0.25, 0.3) is 0 Å².